The molecule has 0 bridgehead atoms. The van der Waals surface area contributed by atoms with Gasteiger partial charge in [-0.05, 0) is 12.5 Å². The van der Waals surface area contributed by atoms with E-state index in [2.05, 4.69) is 21.2 Å². The van der Waals surface area contributed by atoms with Crippen molar-refractivity contribution in [2.45, 2.75) is 18.2 Å². The second-order valence-electron chi connectivity index (χ2n) is 3.97. The number of nitrogens with one attached hydrogen (secondary N) is 1. The average molecular weight is 331 g/mol. The van der Waals surface area contributed by atoms with Crippen LogP contribution < -0.4 is 10.1 Å². The van der Waals surface area contributed by atoms with Crippen LogP contribution in [0, 0.1) is 10.1 Å². The Hall–Kier alpha value is -1.63. The number of amides is 1. The highest BCUT2D eigenvalue weighted by Gasteiger charge is 2.16. The van der Waals surface area contributed by atoms with Gasteiger partial charge in [0.25, 0.3) is 11.6 Å². The quantitative estimate of drug-likeness (QED) is 0.493. The minimum absolute atomic E-state index is 0.109. The molecular weight excluding hydrogens is 316 g/mol. The lowest BCUT2D eigenvalue weighted by Gasteiger charge is -2.09. The van der Waals surface area contributed by atoms with Gasteiger partial charge in [0.05, 0.1) is 23.7 Å². The smallest absolute Gasteiger partial charge is 0.273 e. The summed E-state index contributed by atoms with van der Waals surface area (Å²) in [6.45, 7) is 2.50. The summed E-state index contributed by atoms with van der Waals surface area (Å²) in [4.78, 5) is 22.3. The van der Waals surface area contributed by atoms with Gasteiger partial charge in [-0.15, -0.1) is 0 Å². The average Bonchev–Trinajstić information content (AvgIpc) is 2.37. The van der Waals surface area contributed by atoms with Crippen LogP contribution in [0.5, 0.6) is 5.75 Å². The lowest BCUT2D eigenvalue weighted by molar-refractivity contribution is -0.384. The van der Waals surface area contributed by atoms with Crippen LogP contribution in [0.25, 0.3) is 0 Å². The number of hydrogen-bond acceptors (Lipinski definition) is 4. The van der Waals surface area contributed by atoms with Gasteiger partial charge in [0, 0.05) is 17.4 Å². The van der Waals surface area contributed by atoms with Crippen LogP contribution in [0.15, 0.2) is 18.2 Å². The fourth-order valence-corrected chi connectivity index (χ4v) is 1.69. The monoisotopic (exact) mass is 330 g/mol. The fourth-order valence-electron chi connectivity index (χ4n) is 1.46. The molecular formula is C12H15BrN2O4. The van der Waals surface area contributed by atoms with Crippen molar-refractivity contribution in [1.29, 1.82) is 0 Å². The molecule has 1 rings (SSSR count). The molecule has 0 aliphatic rings. The number of hydrogen-bond donors (Lipinski definition) is 1. The third kappa shape index (κ3) is 4.51. The van der Waals surface area contributed by atoms with Gasteiger partial charge in [0.2, 0.25) is 0 Å². The number of ether oxygens (including phenoxy) is 1. The van der Waals surface area contributed by atoms with E-state index < -0.39 is 4.92 Å². The summed E-state index contributed by atoms with van der Waals surface area (Å²) in [5.41, 5.74) is 0.179. The van der Waals surface area contributed by atoms with E-state index in [0.29, 0.717) is 11.4 Å². The van der Waals surface area contributed by atoms with Crippen molar-refractivity contribution >= 4 is 27.5 Å². The molecule has 6 nitrogen and oxygen atoms in total. The number of rotatable bonds is 6. The van der Waals surface area contributed by atoms with Crippen LogP contribution in [0.1, 0.15) is 23.7 Å². The largest absolute Gasteiger partial charge is 0.496 e. The van der Waals surface area contributed by atoms with Crippen molar-refractivity contribution in [3.8, 4) is 5.75 Å². The number of nitro benzene ring substituents is 1. The molecule has 1 unspecified atom stereocenters. The molecule has 104 valence electrons. The number of benzene rings is 1. The van der Waals surface area contributed by atoms with Gasteiger partial charge in [-0.2, -0.15) is 0 Å². The highest BCUT2D eigenvalue weighted by molar-refractivity contribution is 9.09. The Morgan fingerprint density at radius 1 is 1.58 bits per heavy atom. The van der Waals surface area contributed by atoms with Crippen molar-refractivity contribution in [3.05, 3.63) is 33.9 Å². The molecule has 19 heavy (non-hydrogen) atoms. The van der Waals surface area contributed by atoms with E-state index in [-0.39, 0.29) is 22.9 Å². The highest BCUT2D eigenvalue weighted by Crippen LogP contribution is 2.24. The number of nitrogens with zero attached hydrogens (tertiary/aromatic N) is 1. The fraction of sp³-hybridized carbons (Fsp3) is 0.417. The number of carbonyl (C=O) groups is 1. The number of nitro groups is 1. The van der Waals surface area contributed by atoms with E-state index in [1.54, 1.807) is 0 Å². The Bertz CT molecular complexity index is 477. The van der Waals surface area contributed by atoms with Gasteiger partial charge in [0.1, 0.15) is 5.75 Å². The molecule has 0 aliphatic heterocycles. The number of carbonyl (C=O) groups excluding carboxylic acids is 1. The first kappa shape index (κ1) is 15.4. The molecule has 0 saturated carbocycles. The highest BCUT2D eigenvalue weighted by atomic mass is 79.9. The number of alkyl halides is 1. The van der Waals surface area contributed by atoms with Gasteiger partial charge in [-0.25, -0.2) is 0 Å². The molecule has 1 aromatic carbocycles. The number of non-ortho nitro benzene ring substituents is 1. The third-order valence-electron chi connectivity index (χ3n) is 2.47. The standard InChI is InChI=1S/C12H15BrN2O4/c1-8(13)5-6-14-12(16)10-4-3-9(15(17)18)7-11(10)19-2/h3-4,7-8H,5-6H2,1-2H3,(H,14,16). The first-order valence-electron chi connectivity index (χ1n) is 5.70. The molecule has 0 spiro atoms. The predicted molar refractivity (Wildman–Crippen MR) is 75.0 cm³/mol. The van der Waals surface area contributed by atoms with Gasteiger partial charge >= 0.3 is 0 Å². The van der Waals surface area contributed by atoms with Crippen LogP contribution in [0.3, 0.4) is 0 Å². The van der Waals surface area contributed by atoms with Crippen LogP contribution in [0.4, 0.5) is 5.69 Å². The van der Waals surface area contributed by atoms with Gasteiger partial charge in [-0.1, -0.05) is 22.9 Å². The Labute approximate surface area is 119 Å². The van der Waals surface area contributed by atoms with Crippen LogP contribution in [-0.4, -0.2) is 29.3 Å². The summed E-state index contributed by atoms with van der Waals surface area (Å²) in [7, 11) is 1.37. The molecule has 1 amide bonds. The van der Waals surface area contributed by atoms with Gasteiger partial charge in [0.15, 0.2) is 0 Å². The van der Waals surface area contributed by atoms with E-state index in [1.165, 1.54) is 25.3 Å². The van der Waals surface area contributed by atoms with Crippen molar-refractivity contribution in [3.63, 3.8) is 0 Å². The summed E-state index contributed by atoms with van der Waals surface area (Å²) in [5.74, 6) is -0.113. The Balaban J connectivity index is 2.82. The second-order valence-corrected chi connectivity index (χ2v) is 5.53. The summed E-state index contributed by atoms with van der Waals surface area (Å²) < 4.78 is 5.01. The summed E-state index contributed by atoms with van der Waals surface area (Å²) in [5, 5.41) is 13.4. The Morgan fingerprint density at radius 2 is 2.26 bits per heavy atom. The third-order valence-corrected chi connectivity index (χ3v) is 2.93. The Morgan fingerprint density at radius 3 is 2.79 bits per heavy atom. The summed E-state index contributed by atoms with van der Waals surface area (Å²) in [6.07, 6.45) is 0.793. The van der Waals surface area contributed by atoms with Crippen molar-refractivity contribution in [1.82, 2.24) is 5.32 Å². The summed E-state index contributed by atoms with van der Waals surface area (Å²) in [6, 6.07) is 3.91. The molecule has 0 fully saturated rings. The molecule has 1 aromatic rings. The zero-order valence-electron chi connectivity index (χ0n) is 10.7. The topological polar surface area (TPSA) is 81.5 Å². The van der Waals surface area contributed by atoms with E-state index in [1.807, 2.05) is 6.92 Å². The minimum Gasteiger partial charge on any atom is -0.496 e. The maximum Gasteiger partial charge on any atom is 0.273 e. The van der Waals surface area contributed by atoms with Crippen molar-refractivity contribution in [2.75, 3.05) is 13.7 Å². The molecule has 0 radical (unpaired) electrons. The lowest BCUT2D eigenvalue weighted by Crippen LogP contribution is -2.26. The molecule has 1 atom stereocenters. The first-order chi connectivity index (χ1) is 8.95. The summed E-state index contributed by atoms with van der Waals surface area (Å²) >= 11 is 3.38. The first-order valence-corrected chi connectivity index (χ1v) is 6.62. The van der Waals surface area contributed by atoms with Crippen molar-refractivity contribution in [2.24, 2.45) is 0 Å². The number of methoxy groups -OCH3 is 1. The number of halogens is 1. The minimum atomic E-state index is -0.531. The maximum atomic E-state index is 11.9. The molecule has 0 heterocycles. The van der Waals surface area contributed by atoms with E-state index in [0.717, 1.165) is 6.42 Å². The van der Waals surface area contributed by atoms with Crippen LogP contribution >= 0.6 is 15.9 Å². The molecule has 0 saturated heterocycles. The Kier molecular flexibility index (Phi) is 5.75. The van der Waals surface area contributed by atoms with Crippen LogP contribution in [0.2, 0.25) is 0 Å². The van der Waals surface area contributed by atoms with Crippen molar-refractivity contribution < 1.29 is 14.5 Å². The zero-order valence-corrected chi connectivity index (χ0v) is 12.3. The molecule has 1 N–H and O–H groups in total. The molecule has 7 heteroatoms. The van der Waals surface area contributed by atoms with E-state index in [4.69, 9.17) is 4.74 Å². The lowest BCUT2D eigenvalue weighted by atomic mass is 10.1. The molecule has 0 aliphatic carbocycles. The van der Waals surface area contributed by atoms with Gasteiger partial charge < -0.3 is 10.1 Å². The van der Waals surface area contributed by atoms with Gasteiger partial charge in [-0.3, -0.25) is 14.9 Å². The normalized spacial score (nSPS) is 11.7. The van der Waals surface area contributed by atoms with E-state index >= 15 is 0 Å². The second kappa shape index (κ2) is 7.08. The predicted octanol–water partition coefficient (Wildman–Crippen LogP) is 2.51. The zero-order chi connectivity index (χ0) is 14.4. The SMILES string of the molecule is COc1cc([N+](=O)[O-])ccc1C(=O)NCCC(C)Br. The molecule has 0 aromatic heterocycles. The van der Waals surface area contributed by atoms with Crippen LogP contribution in [-0.2, 0) is 0 Å². The maximum absolute atomic E-state index is 11.9. The van der Waals surface area contributed by atoms with E-state index in [9.17, 15) is 14.9 Å².